The third-order valence-corrected chi connectivity index (χ3v) is 3.35. The molecule has 4 nitrogen and oxygen atoms in total. The van der Waals surface area contributed by atoms with Gasteiger partial charge in [0.2, 0.25) is 5.88 Å². The first-order valence-electron chi connectivity index (χ1n) is 6.85. The highest BCUT2D eigenvalue weighted by molar-refractivity contribution is 5.17. The second-order valence-corrected chi connectivity index (χ2v) is 5.05. The van der Waals surface area contributed by atoms with Gasteiger partial charge in [0.25, 0.3) is 0 Å². The standard InChI is InChI=1S/C14H23N3O/c1-4-7-15-13(11-5-6-11)8-12-9-14(18-3)17-10(2)16-12/h9,11,13,15H,4-8H2,1-3H3. The minimum atomic E-state index is 0.559. The number of aromatic nitrogens is 2. The molecular weight excluding hydrogens is 226 g/mol. The van der Waals surface area contributed by atoms with Gasteiger partial charge in [-0.05, 0) is 38.6 Å². The smallest absolute Gasteiger partial charge is 0.216 e. The molecular formula is C14H23N3O. The van der Waals surface area contributed by atoms with Crippen molar-refractivity contribution in [2.75, 3.05) is 13.7 Å². The Bertz CT molecular complexity index is 391. The van der Waals surface area contributed by atoms with Crippen LogP contribution in [-0.2, 0) is 6.42 Å². The first-order valence-corrected chi connectivity index (χ1v) is 6.85. The van der Waals surface area contributed by atoms with Crippen molar-refractivity contribution in [3.05, 3.63) is 17.6 Å². The SMILES string of the molecule is CCCNC(Cc1cc(OC)nc(C)n1)C1CC1. The van der Waals surface area contributed by atoms with Crippen molar-refractivity contribution in [3.8, 4) is 5.88 Å². The van der Waals surface area contributed by atoms with Crippen LogP contribution in [0.25, 0.3) is 0 Å². The highest BCUT2D eigenvalue weighted by Gasteiger charge is 2.31. The summed E-state index contributed by atoms with van der Waals surface area (Å²) in [5, 5.41) is 3.64. The van der Waals surface area contributed by atoms with E-state index in [1.165, 1.54) is 19.3 Å². The van der Waals surface area contributed by atoms with Crippen molar-refractivity contribution in [2.45, 2.75) is 45.6 Å². The zero-order chi connectivity index (χ0) is 13.0. The summed E-state index contributed by atoms with van der Waals surface area (Å²) in [6, 6.07) is 2.51. The van der Waals surface area contributed by atoms with Crippen LogP contribution in [0, 0.1) is 12.8 Å². The van der Waals surface area contributed by atoms with Crippen LogP contribution in [0.3, 0.4) is 0 Å². The summed E-state index contributed by atoms with van der Waals surface area (Å²) >= 11 is 0. The molecule has 1 aromatic rings. The maximum absolute atomic E-state index is 5.20. The molecule has 0 aliphatic heterocycles. The van der Waals surface area contributed by atoms with E-state index in [0.717, 1.165) is 30.4 Å². The van der Waals surface area contributed by atoms with Crippen molar-refractivity contribution in [1.82, 2.24) is 15.3 Å². The highest BCUT2D eigenvalue weighted by Crippen LogP contribution is 2.34. The number of ether oxygens (including phenoxy) is 1. The Morgan fingerprint density at radius 1 is 1.44 bits per heavy atom. The zero-order valence-electron chi connectivity index (χ0n) is 11.6. The van der Waals surface area contributed by atoms with Crippen LogP contribution in [0.4, 0.5) is 0 Å². The van der Waals surface area contributed by atoms with E-state index >= 15 is 0 Å². The first-order chi connectivity index (χ1) is 8.72. The van der Waals surface area contributed by atoms with E-state index < -0.39 is 0 Å². The molecule has 0 radical (unpaired) electrons. The van der Waals surface area contributed by atoms with E-state index in [4.69, 9.17) is 4.74 Å². The molecule has 1 fully saturated rings. The van der Waals surface area contributed by atoms with Gasteiger partial charge < -0.3 is 10.1 Å². The maximum atomic E-state index is 5.20. The molecule has 1 aliphatic carbocycles. The van der Waals surface area contributed by atoms with Gasteiger partial charge in [0.15, 0.2) is 0 Å². The molecule has 1 atom stereocenters. The van der Waals surface area contributed by atoms with Crippen LogP contribution in [0.15, 0.2) is 6.07 Å². The second-order valence-electron chi connectivity index (χ2n) is 5.05. The van der Waals surface area contributed by atoms with Crippen LogP contribution in [-0.4, -0.2) is 29.7 Å². The van der Waals surface area contributed by atoms with Gasteiger partial charge in [-0.25, -0.2) is 4.98 Å². The number of nitrogens with one attached hydrogen (secondary N) is 1. The lowest BCUT2D eigenvalue weighted by atomic mass is 10.1. The highest BCUT2D eigenvalue weighted by atomic mass is 16.5. The summed E-state index contributed by atoms with van der Waals surface area (Å²) in [5.41, 5.74) is 1.08. The van der Waals surface area contributed by atoms with Gasteiger partial charge in [-0.15, -0.1) is 0 Å². The number of aryl methyl sites for hydroxylation is 1. The molecule has 1 unspecified atom stereocenters. The van der Waals surface area contributed by atoms with Crippen LogP contribution >= 0.6 is 0 Å². The normalized spacial score (nSPS) is 16.6. The molecule has 18 heavy (non-hydrogen) atoms. The molecule has 2 rings (SSSR count). The van der Waals surface area contributed by atoms with E-state index in [0.29, 0.717) is 11.9 Å². The predicted molar refractivity (Wildman–Crippen MR) is 71.8 cm³/mol. The zero-order valence-corrected chi connectivity index (χ0v) is 11.6. The lowest BCUT2D eigenvalue weighted by Gasteiger charge is -2.17. The second kappa shape index (κ2) is 6.14. The van der Waals surface area contributed by atoms with Crippen molar-refractivity contribution in [2.24, 2.45) is 5.92 Å². The Kier molecular flexibility index (Phi) is 4.53. The Hall–Kier alpha value is -1.16. The molecule has 0 amide bonds. The van der Waals surface area contributed by atoms with E-state index in [1.54, 1.807) is 7.11 Å². The summed E-state index contributed by atoms with van der Waals surface area (Å²) in [5.74, 6) is 2.29. The van der Waals surface area contributed by atoms with E-state index in [1.807, 2.05) is 13.0 Å². The van der Waals surface area contributed by atoms with Gasteiger partial charge in [0, 0.05) is 24.2 Å². The minimum absolute atomic E-state index is 0.559. The molecule has 1 saturated carbocycles. The van der Waals surface area contributed by atoms with Crippen LogP contribution in [0.2, 0.25) is 0 Å². The molecule has 4 heteroatoms. The summed E-state index contributed by atoms with van der Waals surface area (Å²) in [7, 11) is 1.65. The van der Waals surface area contributed by atoms with Gasteiger partial charge >= 0.3 is 0 Å². The lowest BCUT2D eigenvalue weighted by Crippen LogP contribution is -2.34. The van der Waals surface area contributed by atoms with E-state index in [9.17, 15) is 0 Å². The minimum Gasteiger partial charge on any atom is -0.481 e. The third-order valence-electron chi connectivity index (χ3n) is 3.35. The van der Waals surface area contributed by atoms with Gasteiger partial charge in [-0.1, -0.05) is 6.92 Å². The molecule has 1 aromatic heterocycles. The van der Waals surface area contributed by atoms with E-state index in [2.05, 4.69) is 22.2 Å². The number of hydrogen-bond acceptors (Lipinski definition) is 4. The predicted octanol–water partition coefficient (Wildman–Crippen LogP) is 2.11. The number of nitrogens with zero attached hydrogens (tertiary/aromatic N) is 2. The molecule has 0 bridgehead atoms. The van der Waals surface area contributed by atoms with Gasteiger partial charge in [-0.3, -0.25) is 0 Å². The molecule has 1 aliphatic rings. The largest absolute Gasteiger partial charge is 0.481 e. The third kappa shape index (κ3) is 3.67. The molecule has 100 valence electrons. The molecule has 1 N–H and O–H groups in total. The number of rotatable bonds is 7. The van der Waals surface area contributed by atoms with Crippen LogP contribution in [0.5, 0.6) is 5.88 Å². The molecule has 0 aromatic carbocycles. The Labute approximate surface area is 109 Å². The fraction of sp³-hybridized carbons (Fsp3) is 0.714. The van der Waals surface area contributed by atoms with Crippen molar-refractivity contribution >= 4 is 0 Å². The van der Waals surface area contributed by atoms with Gasteiger partial charge in [0.05, 0.1) is 7.11 Å². The topological polar surface area (TPSA) is 47.0 Å². The Morgan fingerprint density at radius 3 is 2.83 bits per heavy atom. The summed E-state index contributed by atoms with van der Waals surface area (Å²) in [4.78, 5) is 8.74. The molecule has 1 heterocycles. The van der Waals surface area contributed by atoms with Gasteiger partial charge in [0.1, 0.15) is 5.82 Å². The van der Waals surface area contributed by atoms with Crippen LogP contribution < -0.4 is 10.1 Å². The van der Waals surface area contributed by atoms with Crippen LogP contribution in [0.1, 0.15) is 37.7 Å². The first kappa shape index (κ1) is 13.3. The number of methoxy groups -OCH3 is 1. The average molecular weight is 249 g/mol. The van der Waals surface area contributed by atoms with Crippen molar-refractivity contribution in [3.63, 3.8) is 0 Å². The number of hydrogen-bond donors (Lipinski definition) is 1. The molecule has 0 spiro atoms. The fourth-order valence-electron chi connectivity index (χ4n) is 2.27. The van der Waals surface area contributed by atoms with Crippen molar-refractivity contribution < 1.29 is 4.74 Å². The summed E-state index contributed by atoms with van der Waals surface area (Å²) < 4.78 is 5.20. The van der Waals surface area contributed by atoms with Crippen molar-refractivity contribution in [1.29, 1.82) is 0 Å². The van der Waals surface area contributed by atoms with E-state index in [-0.39, 0.29) is 0 Å². The fourth-order valence-corrected chi connectivity index (χ4v) is 2.27. The lowest BCUT2D eigenvalue weighted by molar-refractivity contribution is 0.392. The Balaban J connectivity index is 2.03. The Morgan fingerprint density at radius 2 is 2.22 bits per heavy atom. The van der Waals surface area contributed by atoms with Gasteiger partial charge in [-0.2, -0.15) is 4.98 Å². The monoisotopic (exact) mass is 249 g/mol. The summed E-state index contributed by atoms with van der Waals surface area (Å²) in [6.45, 7) is 5.20. The summed E-state index contributed by atoms with van der Waals surface area (Å²) in [6.07, 6.45) is 4.85. The maximum Gasteiger partial charge on any atom is 0.216 e. The quantitative estimate of drug-likeness (QED) is 0.804. The average Bonchev–Trinajstić information content (AvgIpc) is 3.18. The molecule has 0 saturated heterocycles.